The van der Waals surface area contributed by atoms with Crippen LogP contribution in [0.2, 0.25) is 0 Å². The first-order valence-corrected chi connectivity index (χ1v) is 7.64. The molecule has 0 aliphatic carbocycles. The van der Waals surface area contributed by atoms with Gasteiger partial charge in [-0.1, -0.05) is 42.5 Å². The molecule has 1 fully saturated rings. The zero-order valence-corrected chi connectivity index (χ0v) is 12.7. The molecule has 21 heavy (non-hydrogen) atoms. The third kappa shape index (κ3) is 3.31. The Labute approximate surface area is 126 Å². The number of benzene rings is 1. The second-order valence-corrected chi connectivity index (χ2v) is 5.75. The van der Waals surface area contributed by atoms with Gasteiger partial charge in [0.05, 0.1) is 5.69 Å². The Kier molecular flexibility index (Phi) is 4.31. The van der Waals surface area contributed by atoms with Gasteiger partial charge in [-0.3, -0.25) is 9.58 Å². The summed E-state index contributed by atoms with van der Waals surface area (Å²) in [6, 6.07) is 11.6. The second kappa shape index (κ2) is 6.37. The molecule has 2 heterocycles. The molecule has 0 bridgehead atoms. The topological polar surface area (TPSA) is 46.0 Å². The van der Waals surface area contributed by atoms with Crippen LogP contribution in [-0.2, 0) is 13.6 Å². The largest absolute Gasteiger partial charge is 0.307 e. The smallest absolute Gasteiger partial charge is 0.0967 e. The maximum atomic E-state index is 4.23. The highest BCUT2D eigenvalue weighted by atomic mass is 15.4. The van der Waals surface area contributed by atoms with Gasteiger partial charge in [-0.15, -0.1) is 5.10 Å². The third-order valence-electron chi connectivity index (χ3n) is 4.22. The number of piperazine rings is 1. The maximum Gasteiger partial charge on any atom is 0.0967 e. The van der Waals surface area contributed by atoms with Gasteiger partial charge in [0.1, 0.15) is 0 Å². The average molecular weight is 285 g/mol. The van der Waals surface area contributed by atoms with Gasteiger partial charge in [0, 0.05) is 45.0 Å². The van der Waals surface area contributed by atoms with Crippen LogP contribution in [0.25, 0.3) is 0 Å². The predicted octanol–water partition coefficient (Wildman–Crippen LogP) is 1.74. The molecule has 1 aromatic carbocycles. The molecule has 5 heteroatoms. The van der Waals surface area contributed by atoms with Crippen molar-refractivity contribution in [2.75, 3.05) is 13.1 Å². The SMILES string of the molecule is CCC1CNC(c2ccccc2)CN1Cc1cn(C)nn1. The molecule has 112 valence electrons. The molecule has 0 radical (unpaired) electrons. The monoisotopic (exact) mass is 285 g/mol. The van der Waals surface area contributed by atoms with Gasteiger partial charge >= 0.3 is 0 Å². The molecule has 1 saturated heterocycles. The standard InChI is InChI=1S/C16H23N5/c1-3-15-9-17-16(13-7-5-4-6-8-13)12-21(15)11-14-10-20(2)19-18-14/h4-8,10,15-17H,3,9,11-12H2,1-2H3. The fourth-order valence-electron chi connectivity index (χ4n) is 3.04. The van der Waals surface area contributed by atoms with Crippen LogP contribution in [0.5, 0.6) is 0 Å². The molecule has 0 amide bonds. The molecule has 2 atom stereocenters. The number of rotatable bonds is 4. The van der Waals surface area contributed by atoms with Gasteiger partial charge in [-0.25, -0.2) is 0 Å². The van der Waals surface area contributed by atoms with E-state index in [4.69, 9.17) is 0 Å². The highest BCUT2D eigenvalue weighted by molar-refractivity contribution is 5.20. The molecular weight excluding hydrogens is 262 g/mol. The van der Waals surface area contributed by atoms with E-state index in [-0.39, 0.29) is 0 Å². The Morgan fingerprint density at radius 3 is 2.76 bits per heavy atom. The van der Waals surface area contributed by atoms with Crippen LogP contribution >= 0.6 is 0 Å². The highest BCUT2D eigenvalue weighted by Crippen LogP contribution is 2.22. The summed E-state index contributed by atoms with van der Waals surface area (Å²) >= 11 is 0. The first kappa shape index (κ1) is 14.2. The van der Waals surface area contributed by atoms with Crippen molar-refractivity contribution in [2.24, 2.45) is 7.05 Å². The normalized spacial score (nSPS) is 23.3. The number of aryl methyl sites for hydroxylation is 1. The number of nitrogens with one attached hydrogen (secondary N) is 1. The third-order valence-corrected chi connectivity index (χ3v) is 4.22. The fraction of sp³-hybridized carbons (Fsp3) is 0.500. The van der Waals surface area contributed by atoms with E-state index in [1.807, 2.05) is 13.2 Å². The number of nitrogens with zero attached hydrogens (tertiary/aromatic N) is 4. The van der Waals surface area contributed by atoms with Crippen LogP contribution in [0, 0.1) is 0 Å². The van der Waals surface area contributed by atoms with Crippen molar-refractivity contribution in [3.63, 3.8) is 0 Å². The summed E-state index contributed by atoms with van der Waals surface area (Å²) in [7, 11) is 1.92. The number of hydrogen-bond acceptors (Lipinski definition) is 4. The molecule has 1 aliphatic rings. The molecular formula is C16H23N5. The van der Waals surface area contributed by atoms with Gasteiger partial charge in [0.15, 0.2) is 0 Å². The van der Waals surface area contributed by atoms with Crippen LogP contribution in [0.1, 0.15) is 30.6 Å². The van der Waals surface area contributed by atoms with E-state index in [1.165, 1.54) is 5.56 Å². The Bertz CT molecular complexity index is 565. The quantitative estimate of drug-likeness (QED) is 0.929. The second-order valence-electron chi connectivity index (χ2n) is 5.75. The van der Waals surface area contributed by atoms with Crippen LogP contribution in [0.15, 0.2) is 36.5 Å². The summed E-state index contributed by atoms with van der Waals surface area (Å²) in [6.07, 6.45) is 3.15. The van der Waals surface area contributed by atoms with E-state index < -0.39 is 0 Å². The number of hydrogen-bond donors (Lipinski definition) is 1. The van der Waals surface area contributed by atoms with Crippen molar-refractivity contribution in [1.29, 1.82) is 0 Å². The van der Waals surface area contributed by atoms with E-state index in [2.05, 4.69) is 57.8 Å². The summed E-state index contributed by atoms with van der Waals surface area (Å²) in [5.41, 5.74) is 2.40. The lowest BCUT2D eigenvalue weighted by Gasteiger charge is -2.40. The van der Waals surface area contributed by atoms with Gasteiger partial charge in [-0.05, 0) is 12.0 Å². The van der Waals surface area contributed by atoms with E-state index in [0.717, 1.165) is 31.7 Å². The lowest BCUT2D eigenvalue weighted by atomic mass is 10.0. The first-order chi connectivity index (χ1) is 10.3. The zero-order valence-electron chi connectivity index (χ0n) is 12.7. The fourth-order valence-corrected chi connectivity index (χ4v) is 3.04. The summed E-state index contributed by atoms with van der Waals surface area (Å²) in [4.78, 5) is 2.53. The number of aromatic nitrogens is 3. The van der Waals surface area contributed by atoms with Gasteiger partial charge in [0.2, 0.25) is 0 Å². The first-order valence-electron chi connectivity index (χ1n) is 7.64. The molecule has 1 aliphatic heterocycles. The highest BCUT2D eigenvalue weighted by Gasteiger charge is 2.28. The van der Waals surface area contributed by atoms with Crippen molar-refractivity contribution >= 4 is 0 Å². The van der Waals surface area contributed by atoms with Gasteiger partial charge in [0.25, 0.3) is 0 Å². The average Bonchev–Trinajstić information content (AvgIpc) is 2.93. The van der Waals surface area contributed by atoms with E-state index in [0.29, 0.717) is 12.1 Å². The van der Waals surface area contributed by atoms with Crippen LogP contribution in [0.4, 0.5) is 0 Å². The minimum Gasteiger partial charge on any atom is -0.307 e. The van der Waals surface area contributed by atoms with Crippen molar-refractivity contribution < 1.29 is 0 Å². The zero-order chi connectivity index (χ0) is 14.7. The Morgan fingerprint density at radius 1 is 1.29 bits per heavy atom. The molecule has 2 unspecified atom stereocenters. The van der Waals surface area contributed by atoms with E-state index >= 15 is 0 Å². The summed E-state index contributed by atoms with van der Waals surface area (Å²) < 4.78 is 1.77. The van der Waals surface area contributed by atoms with Gasteiger partial charge < -0.3 is 5.32 Å². The van der Waals surface area contributed by atoms with Crippen LogP contribution in [0.3, 0.4) is 0 Å². The van der Waals surface area contributed by atoms with Crippen molar-refractivity contribution in [3.8, 4) is 0 Å². The molecule has 0 saturated carbocycles. The van der Waals surface area contributed by atoms with Crippen molar-refractivity contribution in [1.82, 2.24) is 25.2 Å². The molecule has 1 aromatic heterocycles. The molecule has 3 rings (SSSR count). The van der Waals surface area contributed by atoms with E-state index in [9.17, 15) is 0 Å². The van der Waals surface area contributed by atoms with Crippen LogP contribution in [-0.4, -0.2) is 39.0 Å². The van der Waals surface area contributed by atoms with Crippen molar-refractivity contribution in [3.05, 3.63) is 47.8 Å². The summed E-state index contributed by atoms with van der Waals surface area (Å²) in [5.74, 6) is 0. The molecule has 0 spiro atoms. The Balaban J connectivity index is 1.72. The minimum absolute atomic E-state index is 0.394. The van der Waals surface area contributed by atoms with Crippen molar-refractivity contribution in [2.45, 2.75) is 32.0 Å². The molecule has 5 nitrogen and oxygen atoms in total. The summed E-state index contributed by atoms with van der Waals surface area (Å²) in [5, 5.41) is 11.9. The van der Waals surface area contributed by atoms with E-state index in [1.54, 1.807) is 4.68 Å². The van der Waals surface area contributed by atoms with Crippen LogP contribution < -0.4 is 5.32 Å². The minimum atomic E-state index is 0.394. The Hall–Kier alpha value is -1.72. The maximum absolute atomic E-state index is 4.23. The Morgan fingerprint density at radius 2 is 2.10 bits per heavy atom. The molecule has 2 aromatic rings. The predicted molar refractivity (Wildman–Crippen MR) is 82.7 cm³/mol. The van der Waals surface area contributed by atoms with Gasteiger partial charge in [-0.2, -0.15) is 0 Å². The summed E-state index contributed by atoms with van der Waals surface area (Å²) in [6.45, 7) is 5.16. The molecule has 1 N–H and O–H groups in total. The lowest BCUT2D eigenvalue weighted by molar-refractivity contribution is 0.117. The lowest BCUT2D eigenvalue weighted by Crippen LogP contribution is -2.51.